The van der Waals surface area contributed by atoms with Crippen LogP contribution in [-0.4, -0.2) is 10.8 Å². The Labute approximate surface area is 129 Å². The lowest BCUT2D eigenvalue weighted by Crippen LogP contribution is -2.27. The SMILES string of the molecule is NC(=S)NN=C1CCC(c2ccccc2)c2ccccc21. The molecule has 1 aliphatic carbocycles. The topological polar surface area (TPSA) is 50.4 Å². The summed E-state index contributed by atoms with van der Waals surface area (Å²) < 4.78 is 0. The van der Waals surface area contributed by atoms with Crippen molar-refractivity contribution in [3.8, 4) is 0 Å². The largest absolute Gasteiger partial charge is 0.375 e. The van der Waals surface area contributed by atoms with Gasteiger partial charge in [-0.05, 0) is 36.2 Å². The van der Waals surface area contributed by atoms with Crippen molar-refractivity contribution < 1.29 is 0 Å². The zero-order valence-corrected chi connectivity index (χ0v) is 12.4. The van der Waals surface area contributed by atoms with E-state index in [1.807, 2.05) is 6.07 Å². The summed E-state index contributed by atoms with van der Waals surface area (Å²) in [5, 5.41) is 4.55. The molecule has 0 saturated carbocycles. The van der Waals surface area contributed by atoms with Gasteiger partial charge in [-0.25, -0.2) is 0 Å². The number of nitrogens with one attached hydrogen (secondary N) is 1. The van der Waals surface area contributed by atoms with Crippen molar-refractivity contribution in [3.05, 3.63) is 71.3 Å². The Hall–Kier alpha value is -2.20. The smallest absolute Gasteiger partial charge is 0.184 e. The second-order valence-corrected chi connectivity index (χ2v) is 5.56. The molecule has 0 bridgehead atoms. The number of fused-ring (bicyclic) bond motifs is 1. The lowest BCUT2D eigenvalue weighted by Gasteiger charge is -2.27. The second-order valence-electron chi connectivity index (χ2n) is 5.12. The number of hydrogen-bond acceptors (Lipinski definition) is 2. The number of hydrazone groups is 1. The standard InChI is InChI=1S/C17H17N3S/c18-17(21)20-19-16-11-10-13(12-6-2-1-3-7-12)14-8-4-5-9-15(14)16/h1-9,13H,10-11H2,(H3,18,20,21). The summed E-state index contributed by atoms with van der Waals surface area (Å²) in [7, 11) is 0. The van der Waals surface area contributed by atoms with Crippen LogP contribution in [0.2, 0.25) is 0 Å². The van der Waals surface area contributed by atoms with E-state index >= 15 is 0 Å². The Morgan fingerprint density at radius 2 is 1.81 bits per heavy atom. The summed E-state index contributed by atoms with van der Waals surface area (Å²) in [6, 6.07) is 19.0. The summed E-state index contributed by atoms with van der Waals surface area (Å²) in [4.78, 5) is 0. The van der Waals surface area contributed by atoms with Crippen LogP contribution < -0.4 is 11.2 Å². The molecule has 0 spiro atoms. The molecule has 4 heteroatoms. The Morgan fingerprint density at radius 1 is 1.10 bits per heavy atom. The minimum Gasteiger partial charge on any atom is -0.375 e. The maximum absolute atomic E-state index is 5.46. The number of nitrogens with zero attached hydrogens (tertiary/aromatic N) is 1. The fourth-order valence-corrected chi connectivity index (χ4v) is 2.95. The van der Waals surface area contributed by atoms with Crippen LogP contribution in [0.5, 0.6) is 0 Å². The molecule has 0 saturated heterocycles. The molecule has 0 radical (unpaired) electrons. The van der Waals surface area contributed by atoms with Gasteiger partial charge in [-0.2, -0.15) is 5.10 Å². The van der Waals surface area contributed by atoms with E-state index in [2.05, 4.69) is 59.1 Å². The highest BCUT2D eigenvalue weighted by molar-refractivity contribution is 7.80. The lowest BCUT2D eigenvalue weighted by molar-refractivity contribution is 0.719. The second kappa shape index (κ2) is 6.06. The van der Waals surface area contributed by atoms with Crippen LogP contribution >= 0.6 is 12.2 Å². The van der Waals surface area contributed by atoms with Crippen LogP contribution in [0.15, 0.2) is 59.7 Å². The molecule has 3 rings (SSSR count). The van der Waals surface area contributed by atoms with E-state index in [0.29, 0.717) is 5.92 Å². The highest BCUT2D eigenvalue weighted by Gasteiger charge is 2.25. The monoisotopic (exact) mass is 295 g/mol. The minimum atomic E-state index is 0.199. The third-order valence-corrected chi connectivity index (χ3v) is 3.91. The predicted octanol–water partition coefficient (Wildman–Crippen LogP) is 3.15. The molecule has 106 valence electrons. The molecule has 0 fully saturated rings. The third kappa shape index (κ3) is 2.95. The zero-order chi connectivity index (χ0) is 14.7. The summed E-state index contributed by atoms with van der Waals surface area (Å²) in [5.74, 6) is 0.422. The first-order chi connectivity index (χ1) is 10.3. The minimum absolute atomic E-state index is 0.199. The molecule has 0 heterocycles. The quantitative estimate of drug-likeness (QED) is 0.661. The summed E-state index contributed by atoms with van der Waals surface area (Å²) >= 11 is 4.82. The maximum Gasteiger partial charge on any atom is 0.184 e. The van der Waals surface area contributed by atoms with Crippen LogP contribution in [0.4, 0.5) is 0 Å². The number of nitrogens with two attached hydrogens (primary N) is 1. The van der Waals surface area contributed by atoms with Crippen molar-refractivity contribution in [2.45, 2.75) is 18.8 Å². The third-order valence-electron chi connectivity index (χ3n) is 3.82. The van der Waals surface area contributed by atoms with Crippen molar-refractivity contribution in [3.63, 3.8) is 0 Å². The molecule has 21 heavy (non-hydrogen) atoms. The number of rotatable bonds is 2. The number of thiocarbonyl (C=S) groups is 1. The zero-order valence-electron chi connectivity index (χ0n) is 11.6. The van der Waals surface area contributed by atoms with E-state index in [9.17, 15) is 0 Å². The Kier molecular flexibility index (Phi) is 3.97. The van der Waals surface area contributed by atoms with Crippen molar-refractivity contribution >= 4 is 23.0 Å². The molecule has 0 aliphatic heterocycles. The van der Waals surface area contributed by atoms with Crippen LogP contribution in [0.1, 0.15) is 35.4 Å². The van der Waals surface area contributed by atoms with Crippen molar-refractivity contribution in [2.24, 2.45) is 10.8 Å². The molecule has 1 unspecified atom stereocenters. The van der Waals surface area contributed by atoms with E-state index in [-0.39, 0.29) is 5.11 Å². The van der Waals surface area contributed by atoms with Crippen LogP contribution in [-0.2, 0) is 0 Å². The van der Waals surface area contributed by atoms with Gasteiger partial charge in [-0.3, -0.25) is 5.43 Å². The van der Waals surface area contributed by atoms with Gasteiger partial charge in [0.1, 0.15) is 0 Å². The van der Waals surface area contributed by atoms with Gasteiger partial charge in [-0.15, -0.1) is 0 Å². The van der Waals surface area contributed by atoms with Gasteiger partial charge in [0.15, 0.2) is 5.11 Å². The molecule has 1 aliphatic rings. The number of benzene rings is 2. The molecule has 3 N–H and O–H groups in total. The van der Waals surface area contributed by atoms with E-state index in [1.54, 1.807) is 0 Å². The van der Waals surface area contributed by atoms with Gasteiger partial charge >= 0.3 is 0 Å². The molecule has 3 nitrogen and oxygen atoms in total. The Balaban J connectivity index is 2.00. The molecular formula is C17H17N3S. The number of hydrogen-bond donors (Lipinski definition) is 2. The van der Waals surface area contributed by atoms with Gasteiger partial charge < -0.3 is 5.73 Å². The van der Waals surface area contributed by atoms with Crippen molar-refractivity contribution in [1.29, 1.82) is 0 Å². The summed E-state index contributed by atoms with van der Waals surface area (Å²) in [6.45, 7) is 0. The van der Waals surface area contributed by atoms with Gasteiger partial charge in [0.25, 0.3) is 0 Å². The Morgan fingerprint density at radius 3 is 2.57 bits per heavy atom. The van der Waals surface area contributed by atoms with E-state index < -0.39 is 0 Å². The lowest BCUT2D eigenvalue weighted by atomic mass is 9.78. The highest BCUT2D eigenvalue weighted by atomic mass is 32.1. The summed E-state index contributed by atoms with van der Waals surface area (Å²) in [6.07, 6.45) is 1.95. The molecule has 2 aromatic carbocycles. The van der Waals surface area contributed by atoms with Gasteiger partial charge in [0, 0.05) is 11.5 Å². The van der Waals surface area contributed by atoms with E-state index in [4.69, 9.17) is 18.0 Å². The molecule has 2 aromatic rings. The molecule has 1 atom stereocenters. The normalized spacial score (nSPS) is 19.0. The van der Waals surface area contributed by atoms with Crippen LogP contribution in [0.3, 0.4) is 0 Å². The maximum atomic E-state index is 5.46. The predicted molar refractivity (Wildman–Crippen MR) is 90.4 cm³/mol. The van der Waals surface area contributed by atoms with Gasteiger partial charge in [0.2, 0.25) is 0 Å². The van der Waals surface area contributed by atoms with Crippen molar-refractivity contribution in [2.75, 3.05) is 0 Å². The first-order valence-electron chi connectivity index (χ1n) is 7.02. The molecular weight excluding hydrogens is 278 g/mol. The Bertz CT molecular complexity index is 679. The summed E-state index contributed by atoms with van der Waals surface area (Å²) in [5.41, 5.74) is 13.0. The van der Waals surface area contributed by atoms with E-state index in [1.165, 1.54) is 16.7 Å². The van der Waals surface area contributed by atoms with Gasteiger partial charge in [-0.1, -0.05) is 54.6 Å². The first-order valence-corrected chi connectivity index (χ1v) is 7.43. The first kappa shape index (κ1) is 13.8. The fraction of sp³-hybridized carbons (Fsp3) is 0.176. The average Bonchev–Trinajstić information content (AvgIpc) is 2.53. The average molecular weight is 295 g/mol. The van der Waals surface area contributed by atoms with Crippen LogP contribution in [0, 0.1) is 0 Å². The van der Waals surface area contributed by atoms with Crippen molar-refractivity contribution in [1.82, 2.24) is 5.43 Å². The fourth-order valence-electron chi connectivity index (χ4n) is 2.91. The highest BCUT2D eigenvalue weighted by Crippen LogP contribution is 2.36. The van der Waals surface area contributed by atoms with Crippen LogP contribution in [0.25, 0.3) is 0 Å². The molecule has 0 aromatic heterocycles. The van der Waals surface area contributed by atoms with E-state index in [0.717, 1.165) is 18.6 Å². The molecule has 0 amide bonds. The van der Waals surface area contributed by atoms with Gasteiger partial charge in [0.05, 0.1) is 5.71 Å².